The highest BCUT2D eigenvalue weighted by Gasteiger charge is 2.43. The first-order chi connectivity index (χ1) is 14.9. The quantitative estimate of drug-likeness (QED) is 0.312. The standard InChI is InChI=1S/C7H4F3O.2C7H4F3.Al/c1-11-7-5(9)2-4(8)3-6(7)10;2*1-4-2-5(8)3-6(9)7(4)10;/h2H,1H3;2*2H,1H3;. The van der Waals surface area contributed by atoms with Crippen molar-refractivity contribution in [1.29, 1.82) is 0 Å². The van der Waals surface area contributed by atoms with E-state index in [4.69, 9.17) is 0 Å². The van der Waals surface area contributed by atoms with Gasteiger partial charge in [-0.15, -0.1) is 0 Å². The van der Waals surface area contributed by atoms with E-state index in [0.29, 0.717) is 12.1 Å². The lowest BCUT2D eigenvalue weighted by atomic mass is 10.2. The molecule has 3 aromatic carbocycles. The SMILES string of the molecule is COc1c(F)cc(F)[c]([Al]([c]2c(F)cc(C)c(F)c2F)[c]2c(F)cc(C)c(F)c2F)c1F. The summed E-state index contributed by atoms with van der Waals surface area (Å²) in [6.45, 7) is 1.97. The minimum Gasteiger partial charge on any atom is -0.491 e. The highest BCUT2D eigenvalue weighted by molar-refractivity contribution is 6.95. The second-order valence-corrected chi connectivity index (χ2v) is 9.57. The Balaban J connectivity index is 2.57. The molecular formula is C21H12AlF9O. The van der Waals surface area contributed by atoms with Gasteiger partial charge in [0.1, 0.15) is 29.1 Å². The number of benzene rings is 3. The summed E-state index contributed by atoms with van der Waals surface area (Å²) in [7, 11) is 0.791. The molecule has 0 saturated carbocycles. The van der Waals surface area contributed by atoms with Gasteiger partial charge in [0, 0.05) is 6.07 Å². The normalized spacial score (nSPS) is 11.1. The van der Waals surface area contributed by atoms with Gasteiger partial charge in [-0.2, -0.15) is 0 Å². The molecule has 0 fully saturated rings. The summed E-state index contributed by atoms with van der Waals surface area (Å²) in [5.41, 5.74) is -1.07. The number of rotatable bonds is 4. The zero-order chi connectivity index (χ0) is 24.1. The Morgan fingerprint density at radius 2 is 0.906 bits per heavy atom. The smallest absolute Gasteiger partial charge is 0.412 e. The summed E-state index contributed by atoms with van der Waals surface area (Å²) in [5.74, 6) is -16.7. The van der Waals surface area contributed by atoms with Crippen LogP contribution in [0.4, 0.5) is 39.5 Å². The second-order valence-electron chi connectivity index (χ2n) is 6.97. The van der Waals surface area contributed by atoms with Crippen LogP contribution in [0, 0.1) is 66.2 Å². The van der Waals surface area contributed by atoms with E-state index in [9.17, 15) is 35.1 Å². The second kappa shape index (κ2) is 8.71. The van der Waals surface area contributed by atoms with Gasteiger partial charge in [-0.25, -0.2) is 39.5 Å². The van der Waals surface area contributed by atoms with Gasteiger partial charge in [0.05, 0.1) is 7.11 Å². The van der Waals surface area contributed by atoms with Crippen molar-refractivity contribution >= 4 is 27.4 Å². The van der Waals surface area contributed by atoms with E-state index in [1.165, 1.54) is 0 Å². The summed E-state index contributed by atoms with van der Waals surface area (Å²) >= 11 is -4.68. The van der Waals surface area contributed by atoms with E-state index < -0.39 is 96.7 Å². The first kappa shape index (κ1) is 24.0. The van der Waals surface area contributed by atoms with E-state index in [-0.39, 0.29) is 6.07 Å². The molecule has 0 aliphatic rings. The van der Waals surface area contributed by atoms with Crippen LogP contribution in [0.3, 0.4) is 0 Å². The fourth-order valence-electron chi connectivity index (χ4n) is 3.46. The van der Waals surface area contributed by atoms with Gasteiger partial charge in [-0.1, -0.05) is 0 Å². The largest absolute Gasteiger partial charge is 0.491 e. The van der Waals surface area contributed by atoms with Crippen molar-refractivity contribution in [2.24, 2.45) is 0 Å². The molecule has 168 valence electrons. The molecule has 3 aromatic rings. The van der Waals surface area contributed by atoms with Crippen molar-refractivity contribution in [1.82, 2.24) is 0 Å². The topological polar surface area (TPSA) is 9.23 Å². The van der Waals surface area contributed by atoms with Crippen LogP contribution < -0.4 is 18.0 Å². The molecule has 11 heteroatoms. The summed E-state index contributed by atoms with van der Waals surface area (Å²) in [5, 5.41) is 0. The summed E-state index contributed by atoms with van der Waals surface area (Å²) in [6, 6.07) is 1.01. The van der Waals surface area contributed by atoms with Crippen LogP contribution in [0.5, 0.6) is 5.75 Å². The molecule has 1 nitrogen and oxygen atoms in total. The number of hydrogen-bond acceptors (Lipinski definition) is 1. The zero-order valence-corrected chi connectivity index (χ0v) is 17.8. The molecule has 0 N–H and O–H groups in total. The van der Waals surface area contributed by atoms with Gasteiger partial charge < -0.3 is 4.74 Å². The Kier molecular flexibility index (Phi) is 6.54. The lowest BCUT2D eigenvalue weighted by Crippen LogP contribution is -2.59. The van der Waals surface area contributed by atoms with Gasteiger partial charge in [0.2, 0.25) is 0 Å². The molecule has 0 spiro atoms. The Hall–Kier alpha value is -2.64. The fourth-order valence-corrected chi connectivity index (χ4v) is 6.54. The van der Waals surface area contributed by atoms with Gasteiger partial charge in [-0.3, -0.25) is 0 Å². The summed E-state index contributed by atoms with van der Waals surface area (Å²) < 4.78 is 132. The zero-order valence-electron chi connectivity index (χ0n) is 16.6. The molecular weight excluding hydrogens is 466 g/mol. The third kappa shape index (κ3) is 3.73. The number of halogens is 9. The molecule has 0 unspecified atom stereocenters. The molecule has 0 aliphatic carbocycles. The van der Waals surface area contributed by atoms with Crippen LogP contribution >= 0.6 is 0 Å². The molecule has 0 radical (unpaired) electrons. The minimum atomic E-state index is -4.68. The molecule has 32 heavy (non-hydrogen) atoms. The summed E-state index contributed by atoms with van der Waals surface area (Å²) in [6.07, 6.45) is 0. The first-order valence-corrected chi connectivity index (χ1v) is 10.6. The monoisotopic (exact) mass is 478 g/mol. The van der Waals surface area contributed by atoms with Crippen molar-refractivity contribution in [2.75, 3.05) is 7.11 Å². The lowest BCUT2D eigenvalue weighted by molar-refractivity contribution is 0.358. The Morgan fingerprint density at radius 3 is 1.31 bits per heavy atom. The van der Waals surface area contributed by atoms with E-state index in [1.54, 1.807) is 0 Å². The van der Waals surface area contributed by atoms with E-state index in [1.807, 2.05) is 0 Å². The number of hydrogen-bond donors (Lipinski definition) is 0. The molecule has 0 bridgehead atoms. The molecule has 3 rings (SSSR count). The molecule has 0 atom stereocenters. The van der Waals surface area contributed by atoms with Crippen LogP contribution in [0.15, 0.2) is 18.2 Å². The third-order valence-electron chi connectivity index (χ3n) is 4.99. The third-order valence-corrected chi connectivity index (χ3v) is 8.31. The van der Waals surface area contributed by atoms with Crippen molar-refractivity contribution < 1.29 is 44.3 Å². The molecule has 0 aromatic heterocycles. The summed E-state index contributed by atoms with van der Waals surface area (Å²) in [4.78, 5) is 0. The number of methoxy groups -OCH3 is 1. The highest BCUT2D eigenvalue weighted by Crippen LogP contribution is 2.24. The van der Waals surface area contributed by atoms with E-state index in [0.717, 1.165) is 21.0 Å². The first-order valence-electron chi connectivity index (χ1n) is 8.91. The Bertz CT molecular complexity index is 1180. The van der Waals surface area contributed by atoms with Crippen molar-refractivity contribution in [3.63, 3.8) is 0 Å². The van der Waals surface area contributed by atoms with Crippen LogP contribution in [0.1, 0.15) is 11.1 Å². The average Bonchev–Trinajstić information content (AvgIpc) is 2.70. The van der Waals surface area contributed by atoms with Crippen molar-refractivity contribution in [3.8, 4) is 5.75 Å². The van der Waals surface area contributed by atoms with Crippen LogP contribution in [0.25, 0.3) is 0 Å². The molecule has 0 saturated heterocycles. The average molecular weight is 478 g/mol. The maximum Gasteiger partial charge on any atom is 0.412 e. The molecule has 0 aliphatic heterocycles. The van der Waals surface area contributed by atoms with Crippen molar-refractivity contribution in [2.45, 2.75) is 13.8 Å². The minimum absolute atomic E-state index is 0.0813. The van der Waals surface area contributed by atoms with Crippen LogP contribution in [-0.4, -0.2) is 21.3 Å². The predicted octanol–water partition coefficient (Wildman–Crippen LogP) is 4.08. The maximum atomic E-state index is 15.1. The predicted molar refractivity (Wildman–Crippen MR) is 99.6 cm³/mol. The van der Waals surface area contributed by atoms with Gasteiger partial charge in [-0.05, 0) is 50.4 Å². The fraction of sp³-hybridized carbons (Fsp3) is 0.143. The maximum absolute atomic E-state index is 15.1. The van der Waals surface area contributed by atoms with E-state index in [2.05, 4.69) is 4.74 Å². The van der Waals surface area contributed by atoms with Crippen LogP contribution in [0.2, 0.25) is 0 Å². The molecule has 0 amide bonds. The molecule has 0 heterocycles. The van der Waals surface area contributed by atoms with Gasteiger partial charge >= 0.3 is 14.1 Å². The Labute approximate surface area is 180 Å². The Morgan fingerprint density at radius 1 is 0.531 bits per heavy atom. The van der Waals surface area contributed by atoms with Gasteiger partial charge in [0.15, 0.2) is 29.0 Å². The van der Waals surface area contributed by atoms with Crippen molar-refractivity contribution in [3.05, 3.63) is 81.7 Å². The lowest BCUT2D eigenvalue weighted by Gasteiger charge is -2.20. The van der Waals surface area contributed by atoms with Gasteiger partial charge in [0.25, 0.3) is 0 Å². The van der Waals surface area contributed by atoms with E-state index >= 15 is 4.39 Å². The number of ether oxygens (including phenoxy) is 1. The van der Waals surface area contributed by atoms with Crippen LogP contribution in [-0.2, 0) is 0 Å². The highest BCUT2D eigenvalue weighted by atomic mass is 27.2. The number of aryl methyl sites for hydroxylation is 2.